The number of rotatable bonds is 4. The van der Waals surface area contributed by atoms with Crippen LogP contribution in [0.15, 0.2) is 29.3 Å². The molecule has 1 aromatic carbocycles. The minimum absolute atomic E-state index is 0.0296. The molecule has 1 aliphatic rings. The van der Waals surface area contributed by atoms with E-state index in [1.165, 1.54) is 0 Å². The maximum absolute atomic E-state index is 11.8. The molecule has 1 aromatic rings. The Morgan fingerprint density at radius 2 is 2.00 bits per heavy atom. The molecule has 2 rings (SSSR count). The molecule has 0 saturated carbocycles. The van der Waals surface area contributed by atoms with Gasteiger partial charge in [0.15, 0.2) is 5.96 Å². The van der Waals surface area contributed by atoms with Crippen LogP contribution in [0.3, 0.4) is 0 Å². The molecular formula is C14H20N4O2. The van der Waals surface area contributed by atoms with Crippen LogP contribution in [0, 0.1) is 0 Å². The highest BCUT2D eigenvalue weighted by atomic mass is 16.5. The molecule has 0 bridgehead atoms. The molecule has 0 radical (unpaired) electrons. The monoisotopic (exact) mass is 276 g/mol. The number of ether oxygens (including phenoxy) is 1. The maximum Gasteiger partial charge on any atom is 0.244 e. The lowest BCUT2D eigenvalue weighted by molar-refractivity contribution is -0.128. The Balaban J connectivity index is 1.84. The van der Waals surface area contributed by atoms with Gasteiger partial charge in [0.2, 0.25) is 5.91 Å². The molecule has 0 aliphatic carbocycles. The van der Waals surface area contributed by atoms with Gasteiger partial charge in [0, 0.05) is 18.8 Å². The van der Waals surface area contributed by atoms with Crippen LogP contribution in [-0.2, 0) is 4.79 Å². The van der Waals surface area contributed by atoms with E-state index in [0.717, 1.165) is 37.4 Å². The third-order valence-corrected chi connectivity index (χ3v) is 3.21. The van der Waals surface area contributed by atoms with Gasteiger partial charge in [-0.3, -0.25) is 4.79 Å². The van der Waals surface area contributed by atoms with Crippen molar-refractivity contribution in [2.45, 2.75) is 12.8 Å². The van der Waals surface area contributed by atoms with E-state index in [1.807, 2.05) is 29.2 Å². The number of carbonyl (C=O) groups excluding carboxylic acids is 1. The summed E-state index contributed by atoms with van der Waals surface area (Å²) in [5.41, 5.74) is 6.57. The summed E-state index contributed by atoms with van der Waals surface area (Å²) in [7, 11) is 1.61. The lowest BCUT2D eigenvalue weighted by atomic mass is 10.3. The summed E-state index contributed by atoms with van der Waals surface area (Å²) in [6.07, 6.45) is 2.16. The van der Waals surface area contributed by atoms with Gasteiger partial charge < -0.3 is 20.7 Å². The molecule has 0 unspecified atom stereocenters. The quantitative estimate of drug-likeness (QED) is 0.636. The van der Waals surface area contributed by atoms with Crippen LogP contribution in [0.1, 0.15) is 12.8 Å². The standard InChI is InChI=1S/C14H20N4O2/c1-20-12-6-4-11(5-7-12)17-14(15)16-10-13(19)18-8-2-3-9-18/h4-7H,2-3,8-10H2,1H3,(H3,15,16,17). The topological polar surface area (TPSA) is 80.0 Å². The van der Waals surface area contributed by atoms with Crippen LogP contribution in [0.4, 0.5) is 5.69 Å². The molecule has 1 saturated heterocycles. The molecule has 0 aromatic heterocycles. The Morgan fingerprint density at radius 1 is 1.35 bits per heavy atom. The molecule has 6 heteroatoms. The zero-order valence-electron chi connectivity index (χ0n) is 11.6. The lowest BCUT2D eigenvalue weighted by Gasteiger charge is -2.13. The summed E-state index contributed by atoms with van der Waals surface area (Å²) in [6.45, 7) is 1.76. The number of nitrogens with zero attached hydrogens (tertiary/aromatic N) is 2. The van der Waals surface area contributed by atoms with Crippen molar-refractivity contribution in [2.75, 3.05) is 32.1 Å². The summed E-state index contributed by atoms with van der Waals surface area (Å²) in [5.74, 6) is 1.04. The van der Waals surface area contributed by atoms with Crippen molar-refractivity contribution in [1.82, 2.24) is 4.90 Å². The van der Waals surface area contributed by atoms with E-state index < -0.39 is 0 Å². The largest absolute Gasteiger partial charge is 0.497 e. The van der Waals surface area contributed by atoms with Gasteiger partial charge >= 0.3 is 0 Å². The normalized spacial score (nSPS) is 15.2. The van der Waals surface area contributed by atoms with Gasteiger partial charge in [-0.15, -0.1) is 0 Å². The number of anilines is 1. The van der Waals surface area contributed by atoms with Crippen LogP contribution in [0.5, 0.6) is 5.75 Å². The van der Waals surface area contributed by atoms with Gasteiger partial charge in [-0.1, -0.05) is 0 Å². The number of methoxy groups -OCH3 is 1. The number of benzene rings is 1. The first-order valence-electron chi connectivity index (χ1n) is 6.68. The SMILES string of the molecule is COc1ccc(NC(N)=NCC(=O)N2CCCC2)cc1. The average molecular weight is 276 g/mol. The van der Waals surface area contributed by atoms with E-state index in [1.54, 1.807) is 7.11 Å². The second kappa shape index (κ2) is 6.79. The minimum atomic E-state index is 0.0296. The van der Waals surface area contributed by atoms with Gasteiger partial charge in [0.05, 0.1) is 7.11 Å². The fourth-order valence-electron chi connectivity index (χ4n) is 2.08. The predicted molar refractivity (Wildman–Crippen MR) is 78.9 cm³/mol. The highest BCUT2D eigenvalue weighted by Gasteiger charge is 2.16. The van der Waals surface area contributed by atoms with Crippen molar-refractivity contribution in [3.8, 4) is 5.75 Å². The molecule has 1 heterocycles. The van der Waals surface area contributed by atoms with E-state index in [-0.39, 0.29) is 18.4 Å². The smallest absolute Gasteiger partial charge is 0.244 e. The zero-order valence-corrected chi connectivity index (χ0v) is 11.6. The summed E-state index contributed by atoms with van der Waals surface area (Å²) in [4.78, 5) is 17.7. The number of amides is 1. The summed E-state index contributed by atoms with van der Waals surface area (Å²) in [5, 5.41) is 2.94. The van der Waals surface area contributed by atoms with Crippen LogP contribution in [-0.4, -0.2) is 43.5 Å². The van der Waals surface area contributed by atoms with Crippen molar-refractivity contribution in [3.05, 3.63) is 24.3 Å². The first-order valence-corrected chi connectivity index (χ1v) is 6.68. The number of nitrogens with two attached hydrogens (primary N) is 1. The first-order chi connectivity index (χ1) is 9.69. The van der Waals surface area contributed by atoms with Gasteiger partial charge in [-0.05, 0) is 37.1 Å². The van der Waals surface area contributed by atoms with Crippen molar-refractivity contribution >= 4 is 17.6 Å². The van der Waals surface area contributed by atoms with E-state index in [2.05, 4.69) is 10.3 Å². The first kappa shape index (κ1) is 14.2. The highest BCUT2D eigenvalue weighted by molar-refractivity contribution is 5.93. The molecule has 1 aliphatic heterocycles. The summed E-state index contributed by atoms with van der Waals surface area (Å²) in [6, 6.07) is 7.32. The minimum Gasteiger partial charge on any atom is -0.497 e. The molecule has 20 heavy (non-hydrogen) atoms. The zero-order chi connectivity index (χ0) is 14.4. The van der Waals surface area contributed by atoms with Gasteiger partial charge in [0.1, 0.15) is 12.3 Å². The Kier molecular flexibility index (Phi) is 4.81. The molecule has 1 amide bonds. The number of hydrogen-bond acceptors (Lipinski definition) is 3. The predicted octanol–water partition coefficient (Wildman–Crippen LogP) is 1.04. The number of carbonyl (C=O) groups is 1. The van der Waals surface area contributed by atoms with E-state index in [9.17, 15) is 4.79 Å². The summed E-state index contributed by atoms with van der Waals surface area (Å²) < 4.78 is 5.07. The van der Waals surface area contributed by atoms with Crippen LogP contribution in [0.25, 0.3) is 0 Å². The Labute approximate surface area is 118 Å². The fourth-order valence-corrected chi connectivity index (χ4v) is 2.08. The number of likely N-dealkylation sites (tertiary alicyclic amines) is 1. The van der Waals surface area contributed by atoms with E-state index >= 15 is 0 Å². The Hall–Kier alpha value is -2.24. The Bertz CT molecular complexity index is 478. The third kappa shape index (κ3) is 3.88. The average Bonchev–Trinajstić information content (AvgIpc) is 3.00. The Morgan fingerprint density at radius 3 is 2.60 bits per heavy atom. The van der Waals surface area contributed by atoms with Crippen molar-refractivity contribution in [2.24, 2.45) is 10.7 Å². The van der Waals surface area contributed by atoms with Crippen LogP contribution >= 0.6 is 0 Å². The fraction of sp³-hybridized carbons (Fsp3) is 0.429. The summed E-state index contributed by atoms with van der Waals surface area (Å²) >= 11 is 0. The molecule has 1 fully saturated rings. The second-order valence-electron chi connectivity index (χ2n) is 4.64. The van der Waals surface area contributed by atoms with Gasteiger partial charge in [-0.2, -0.15) is 0 Å². The second-order valence-corrected chi connectivity index (χ2v) is 4.64. The molecule has 0 spiro atoms. The van der Waals surface area contributed by atoms with Crippen molar-refractivity contribution in [3.63, 3.8) is 0 Å². The van der Waals surface area contributed by atoms with Gasteiger partial charge in [-0.25, -0.2) is 4.99 Å². The van der Waals surface area contributed by atoms with Crippen LogP contribution < -0.4 is 15.8 Å². The maximum atomic E-state index is 11.8. The molecule has 6 nitrogen and oxygen atoms in total. The molecular weight excluding hydrogens is 256 g/mol. The van der Waals surface area contributed by atoms with E-state index in [0.29, 0.717) is 0 Å². The third-order valence-electron chi connectivity index (χ3n) is 3.21. The van der Waals surface area contributed by atoms with Crippen LogP contribution in [0.2, 0.25) is 0 Å². The van der Waals surface area contributed by atoms with Crippen molar-refractivity contribution in [1.29, 1.82) is 0 Å². The molecule has 0 atom stereocenters. The number of aliphatic imine (C=N–C) groups is 1. The van der Waals surface area contributed by atoms with Crippen molar-refractivity contribution < 1.29 is 9.53 Å². The highest BCUT2D eigenvalue weighted by Crippen LogP contribution is 2.14. The molecule has 108 valence electrons. The lowest BCUT2D eigenvalue weighted by Crippen LogP contribution is -2.31. The van der Waals surface area contributed by atoms with Gasteiger partial charge in [0.25, 0.3) is 0 Å². The molecule has 3 N–H and O–H groups in total. The number of hydrogen-bond donors (Lipinski definition) is 2. The number of guanidine groups is 1. The number of nitrogens with one attached hydrogen (secondary N) is 1. The van der Waals surface area contributed by atoms with E-state index in [4.69, 9.17) is 10.5 Å².